The van der Waals surface area contributed by atoms with Crippen LogP contribution in [0, 0.1) is 0 Å². The fourth-order valence-corrected chi connectivity index (χ4v) is 8.25. The summed E-state index contributed by atoms with van der Waals surface area (Å²) in [7, 11) is 0. The summed E-state index contributed by atoms with van der Waals surface area (Å²) in [6.45, 7) is 0. The molecule has 0 aliphatic carbocycles. The molecule has 0 amide bonds. The minimum Gasteiger partial charge on any atom is -0.237 e. The molecule has 5 nitrogen and oxygen atoms in total. The van der Waals surface area contributed by atoms with Crippen LogP contribution in [0.2, 0.25) is 0 Å². The maximum absolute atomic E-state index is 5.13. The van der Waals surface area contributed by atoms with Gasteiger partial charge < -0.3 is 0 Å². The third-order valence-corrected chi connectivity index (χ3v) is 11.4. The van der Waals surface area contributed by atoms with Crippen molar-refractivity contribution in [1.82, 2.24) is 24.9 Å². The first-order valence-electron chi connectivity index (χ1n) is 20.7. The van der Waals surface area contributed by atoms with Crippen LogP contribution in [0.4, 0.5) is 0 Å². The van der Waals surface area contributed by atoms with Crippen LogP contribution < -0.4 is 0 Å². The summed E-state index contributed by atoms with van der Waals surface area (Å²) in [6, 6.07) is 76.0. The lowest BCUT2D eigenvalue weighted by molar-refractivity contribution is 1.05. The Morgan fingerprint density at radius 2 is 0.758 bits per heavy atom. The molecular formula is C57H37N5. The van der Waals surface area contributed by atoms with Crippen molar-refractivity contribution in [2.75, 3.05) is 0 Å². The average Bonchev–Trinajstić information content (AvgIpc) is 3.36. The van der Waals surface area contributed by atoms with Gasteiger partial charge in [0.1, 0.15) is 5.69 Å². The van der Waals surface area contributed by atoms with Crippen molar-refractivity contribution in [2.45, 2.75) is 0 Å². The first-order valence-corrected chi connectivity index (χ1v) is 20.7. The maximum Gasteiger partial charge on any atom is 0.182 e. The molecule has 290 valence electrons. The molecule has 5 heteroatoms. The Hall–Kier alpha value is -8.41. The van der Waals surface area contributed by atoms with Crippen molar-refractivity contribution in [3.8, 4) is 90.2 Å². The smallest absolute Gasteiger partial charge is 0.182 e. The van der Waals surface area contributed by atoms with E-state index >= 15 is 0 Å². The van der Waals surface area contributed by atoms with E-state index in [1.54, 1.807) is 6.20 Å². The van der Waals surface area contributed by atoms with Crippen LogP contribution in [0.15, 0.2) is 225 Å². The summed E-state index contributed by atoms with van der Waals surface area (Å²) >= 11 is 0. The number of aromatic nitrogens is 5. The van der Waals surface area contributed by atoms with Gasteiger partial charge in [0.15, 0.2) is 23.3 Å². The number of rotatable bonds is 8. The molecule has 9 aromatic carbocycles. The summed E-state index contributed by atoms with van der Waals surface area (Å²) in [5, 5.41) is 4.89. The molecule has 0 radical (unpaired) electrons. The van der Waals surface area contributed by atoms with Crippen molar-refractivity contribution in [1.29, 1.82) is 0 Å². The average molecular weight is 792 g/mol. The Balaban J connectivity index is 0.990. The molecule has 2 heterocycles. The van der Waals surface area contributed by atoms with Crippen LogP contribution in [0.25, 0.3) is 112 Å². The molecule has 0 bridgehead atoms. The van der Waals surface area contributed by atoms with Gasteiger partial charge in [-0.25, -0.2) is 24.9 Å². The van der Waals surface area contributed by atoms with E-state index in [0.29, 0.717) is 29.0 Å². The fourth-order valence-electron chi connectivity index (χ4n) is 8.25. The van der Waals surface area contributed by atoms with Gasteiger partial charge in [-0.05, 0) is 84.3 Å². The van der Waals surface area contributed by atoms with Gasteiger partial charge in [-0.2, -0.15) is 0 Å². The van der Waals surface area contributed by atoms with Gasteiger partial charge in [-0.15, -0.1) is 0 Å². The zero-order valence-corrected chi connectivity index (χ0v) is 33.6. The van der Waals surface area contributed by atoms with Crippen LogP contribution in [0.1, 0.15) is 0 Å². The molecule has 0 atom stereocenters. The minimum atomic E-state index is 0.467. The molecule has 0 spiro atoms. The first-order chi connectivity index (χ1) is 30.7. The third-order valence-electron chi connectivity index (χ3n) is 11.4. The van der Waals surface area contributed by atoms with E-state index in [9.17, 15) is 0 Å². The monoisotopic (exact) mass is 791 g/mol. The van der Waals surface area contributed by atoms with Gasteiger partial charge >= 0.3 is 0 Å². The SMILES string of the molecule is c1ccc(-c2ccccc2-c2nccc(-c3nc(-c4ccc(-c5cccc6ccccc56)cc4)nc(-c4cccc(-c5ccc(-c6ccc7ccccc7c6)cc5)c4)n3)n2)cc1. The van der Waals surface area contributed by atoms with Crippen molar-refractivity contribution in [2.24, 2.45) is 0 Å². The normalized spacial score (nSPS) is 11.2. The molecule has 0 fully saturated rings. The van der Waals surface area contributed by atoms with Crippen LogP contribution in [0.5, 0.6) is 0 Å². The molecule has 62 heavy (non-hydrogen) atoms. The highest BCUT2D eigenvalue weighted by molar-refractivity contribution is 5.97. The number of fused-ring (bicyclic) bond motifs is 2. The van der Waals surface area contributed by atoms with Gasteiger partial charge in [-0.1, -0.05) is 200 Å². The molecule has 11 rings (SSSR count). The summed E-state index contributed by atoms with van der Waals surface area (Å²) in [5.74, 6) is 2.18. The minimum absolute atomic E-state index is 0.467. The number of nitrogens with zero attached hydrogens (tertiary/aromatic N) is 5. The molecule has 0 saturated heterocycles. The highest BCUT2D eigenvalue weighted by Crippen LogP contribution is 2.34. The summed E-state index contributed by atoms with van der Waals surface area (Å²) in [6.07, 6.45) is 1.78. The van der Waals surface area contributed by atoms with Crippen molar-refractivity contribution >= 4 is 21.5 Å². The highest BCUT2D eigenvalue weighted by Gasteiger charge is 2.17. The largest absolute Gasteiger partial charge is 0.237 e. The summed E-state index contributed by atoms with van der Waals surface area (Å²) < 4.78 is 0. The highest BCUT2D eigenvalue weighted by atomic mass is 15.1. The topological polar surface area (TPSA) is 64.5 Å². The van der Waals surface area contributed by atoms with E-state index in [-0.39, 0.29) is 0 Å². The first kappa shape index (κ1) is 36.7. The second-order valence-electron chi connectivity index (χ2n) is 15.3. The molecule has 0 N–H and O–H groups in total. The lowest BCUT2D eigenvalue weighted by atomic mass is 9.97. The Morgan fingerprint density at radius 1 is 0.242 bits per heavy atom. The Morgan fingerprint density at radius 3 is 1.56 bits per heavy atom. The van der Waals surface area contributed by atoms with Crippen LogP contribution in [-0.4, -0.2) is 24.9 Å². The Labute approximate surface area is 359 Å². The van der Waals surface area contributed by atoms with E-state index in [2.05, 4.69) is 182 Å². The van der Waals surface area contributed by atoms with E-state index in [1.807, 2.05) is 36.4 Å². The second kappa shape index (κ2) is 16.0. The fraction of sp³-hybridized carbons (Fsp3) is 0. The second-order valence-corrected chi connectivity index (χ2v) is 15.3. The molecule has 0 unspecified atom stereocenters. The quantitative estimate of drug-likeness (QED) is 0.153. The van der Waals surface area contributed by atoms with E-state index in [4.69, 9.17) is 24.9 Å². The van der Waals surface area contributed by atoms with Gasteiger partial charge in [0, 0.05) is 22.9 Å². The van der Waals surface area contributed by atoms with Crippen LogP contribution >= 0.6 is 0 Å². The van der Waals surface area contributed by atoms with Crippen LogP contribution in [-0.2, 0) is 0 Å². The van der Waals surface area contributed by atoms with E-state index in [1.165, 1.54) is 38.2 Å². The molecule has 0 saturated carbocycles. The van der Waals surface area contributed by atoms with Crippen LogP contribution in [0.3, 0.4) is 0 Å². The summed E-state index contributed by atoms with van der Waals surface area (Å²) in [5.41, 5.74) is 12.3. The maximum atomic E-state index is 5.13. The molecule has 0 aliphatic heterocycles. The molecule has 2 aromatic heterocycles. The Bertz CT molecular complexity index is 3390. The lowest BCUT2D eigenvalue weighted by Gasteiger charge is -2.12. The lowest BCUT2D eigenvalue weighted by Crippen LogP contribution is -2.02. The summed E-state index contributed by atoms with van der Waals surface area (Å²) in [4.78, 5) is 25.2. The van der Waals surface area contributed by atoms with Crippen molar-refractivity contribution in [3.63, 3.8) is 0 Å². The van der Waals surface area contributed by atoms with Gasteiger partial charge in [0.05, 0.1) is 0 Å². The Kier molecular flexibility index (Phi) is 9.45. The zero-order valence-electron chi connectivity index (χ0n) is 33.6. The number of hydrogen-bond donors (Lipinski definition) is 0. The standard InChI is InChI=1S/C57H37N5/c1-2-13-41(14-3-1)51-21-8-9-22-52(51)56-58-35-34-53(59-56)57-61-54(44-31-29-43(30-32-44)50-23-11-17-42-15-6-7-20-49(42)50)60-55(62-57)48-19-10-18-46(37-48)39-24-26-40(27-25-39)47-33-28-38-12-4-5-16-45(38)36-47/h1-37H. The predicted molar refractivity (Wildman–Crippen MR) is 254 cm³/mol. The third kappa shape index (κ3) is 7.18. The van der Waals surface area contributed by atoms with Crippen molar-refractivity contribution in [3.05, 3.63) is 225 Å². The molecule has 0 aliphatic rings. The number of benzene rings is 9. The zero-order chi connectivity index (χ0) is 41.2. The molecular weight excluding hydrogens is 755 g/mol. The number of hydrogen-bond acceptors (Lipinski definition) is 5. The van der Waals surface area contributed by atoms with Crippen molar-refractivity contribution < 1.29 is 0 Å². The van der Waals surface area contributed by atoms with Gasteiger partial charge in [-0.3, -0.25) is 0 Å². The molecule has 11 aromatic rings. The van der Waals surface area contributed by atoms with Gasteiger partial charge in [0.25, 0.3) is 0 Å². The van der Waals surface area contributed by atoms with E-state index < -0.39 is 0 Å². The predicted octanol–water partition coefficient (Wildman–Crippen LogP) is 14.3. The van der Waals surface area contributed by atoms with E-state index in [0.717, 1.165) is 44.5 Å². The van der Waals surface area contributed by atoms with Gasteiger partial charge in [0.2, 0.25) is 0 Å².